The van der Waals surface area contributed by atoms with Gasteiger partial charge in [0, 0.05) is 23.6 Å². The Balaban J connectivity index is 1.81. The van der Waals surface area contributed by atoms with Crippen molar-refractivity contribution in [3.63, 3.8) is 0 Å². The van der Waals surface area contributed by atoms with Gasteiger partial charge in [0.05, 0.1) is 11.4 Å². The highest BCUT2D eigenvalue weighted by atomic mass is 35.5. The molecular weight excluding hydrogens is 349 g/mol. The maximum Gasteiger partial charge on any atom is 0.133 e. The number of fused-ring (bicyclic) bond motifs is 1. The number of benzene rings is 2. The van der Waals surface area contributed by atoms with E-state index in [1.165, 1.54) is 11.6 Å². The summed E-state index contributed by atoms with van der Waals surface area (Å²) in [6.07, 6.45) is 3.65. The molecule has 0 amide bonds. The lowest BCUT2D eigenvalue weighted by atomic mass is 10.0. The van der Waals surface area contributed by atoms with E-state index in [0.717, 1.165) is 53.6 Å². The van der Waals surface area contributed by atoms with Gasteiger partial charge in [-0.15, -0.1) is 0 Å². The molecule has 0 fully saturated rings. The van der Waals surface area contributed by atoms with Crippen LogP contribution in [0.2, 0.25) is 5.02 Å². The molecule has 5 heteroatoms. The molecule has 1 N–H and O–H groups in total. The third-order valence-corrected chi connectivity index (χ3v) is 5.34. The Hall–Kier alpha value is -2.33. The Bertz CT molecular complexity index is 948. The molecule has 2 heterocycles. The predicted molar refractivity (Wildman–Crippen MR) is 104 cm³/mol. The van der Waals surface area contributed by atoms with Crippen molar-refractivity contribution in [1.82, 2.24) is 9.78 Å². The van der Waals surface area contributed by atoms with Crippen LogP contribution in [0, 0.1) is 12.7 Å². The fourth-order valence-electron chi connectivity index (χ4n) is 3.44. The fraction of sp³-hybridized carbons (Fsp3) is 0.286. The summed E-state index contributed by atoms with van der Waals surface area (Å²) in [7, 11) is 0. The molecule has 3 nitrogen and oxygen atoms in total. The smallest absolute Gasteiger partial charge is 0.133 e. The maximum atomic E-state index is 14.1. The summed E-state index contributed by atoms with van der Waals surface area (Å²) < 4.78 is 16.1. The lowest BCUT2D eigenvalue weighted by Gasteiger charge is -2.10. The lowest BCUT2D eigenvalue weighted by Crippen LogP contribution is -2.07. The first kappa shape index (κ1) is 17.1. The number of halogens is 2. The van der Waals surface area contributed by atoms with Crippen molar-refractivity contribution < 1.29 is 4.39 Å². The number of nitrogens with one attached hydrogen (secondary N) is 1. The average Bonchev–Trinajstić information content (AvgIpc) is 2.81. The summed E-state index contributed by atoms with van der Waals surface area (Å²) in [6.45, 7) is 2.90. The Kier molecular flexibility index (Phi) is 4.68. The molecule has 0 bridgehead atoms. The van der Waals surface area contributed by atoms with Crippen molar-refractivity contribution in [2.24, 2.45) is 0 Å². The summed E-state index contributed by atoms with van der Waals surface area (Å²) in [5.41, 5.74) is 4.74. The van der Waals surface area contributed by atoms with E-state index < -0.39 is 0 Å². The van der Waals surface area contributed by atoms with Gasteiger partial charge in [-0.05, 0) is 55.5 Å². The zero-order valence-corrected chi connectivity index (χ0v) is 15.5. The molecule has 0 atom stereocenters. The van der Waals surface area contributed by atoms with Crippen molar-refractivity contribution in [3.8, 4) is 5.69 Å². The molecule has 3 aromatic rings. The zero-order chi connectivity index (χ0) is 18.1. The minimum absolute atomic E-state index is 0.184. The number of nitrogens with zero attached hydrogens (tertiary/aromatic N) is 2. The number of rotatable bonds is 3. The second-order valence-electron chi connectivity index (χ2n) is 6.77. The van der Waals surface area contributed by atoms with E-state index in [1.807, 2.05) is 41.9 Å². The minimum Gasteiger partial charge on any atom is -0.370 e. The monoisotopic (exact) mass is 369 g/mol. The highest BCUT2D eigenvalue weighted by Crippen LogP contribution is 2.31. The van der Waals surface area contributed by atoms with Crippen LogP contribution in [0.4, 0.5) is 10.2 Å². The van der Waals surface area contributed by atoms with Crippen molar-refractivity contribution >= 4 is 17.4 Å². The summed E-state index contributed by atoms with van der Waals surface area (Å²) in [5, 5.41) is 9.07. The van der Waals surface area contributed by atoms with Crippen molar-refractivity contribution in [3.05, 3.63) is 75.7 Å². The predicted octanol–water partition coefficient (Wildman–Crippen LogP) is 5.31. The Labute approximate surface area is 157 Å². The summed E-state index contributed by atoms with van der Waals surface area (Å²) in [5.74, 6) is 0.824. The molecule has 0 unspecified atom stereocenters. The third kappa shape index (κ3) is 3.21. The van der Waals surface area contributed by atoms with E-state index in [0.29, 0.717) is 12.0 Å². The number of aromatic nitrogens is 2. The summed E-state index contributed by atoms with van der Waals surface area (Å²) in [4.78, 5) is 0. The highest BCUT2D eigenvalue weighted by molar-refractivity contribution is 6.31. The Morgan fingerprint density at radius 1 is 1.19 bits per heavy atom. The second-order valence-corrected chi connectivity index (χ2v) is 7.18. The van der Waals surface area contributed by atoms with E-state index in [2.05, 4.69) is 5.32 Å². The van der Waals surface area contributed by atoms with Crippen molar-refractivity contribution in [2.45, 2.75) is 32.6 Å². The van der Waals surface area contributed by atoms with Crippen LogP contribution in [-0.4, -0.2) is 16.3 Å². The van der Waals surface area contributed by atoms with Crippen LogP contribution in [0.1, 0.15) is 35.2 Å². The van der Waals surface area contributed by atoms with E-state index in [1.54, 1.807) is 6.07 Å². The van der Waals surface area contributed by atoms with Crippen molar-refractivity contribution in [1.29, 1.82) is 0 Å². The van der Waals surface area contributed by atoms with Crippen molar-refractivity contribution in [2.75, 3.05) is 11.9 Å². The molecular formula is C21H21ClFN3. The van der Waals surface area contributed by atoms with Gasteiger partial charge in [0.1, 0.15) is 11.6 Å². The van der Waals surface area contributed by atoms with Gasteiger partial charge in [0.2, 0.25) is 0 Å². The van der Waals surface area contributed by atoms with Gasteiger partial charge in [-0.3, -0.25) is 0 Å². The molecule has 4 rings (SSSR count). The number of aryl methyl sites for hydroxylation is 1. The standard InChI is InChI=1S/C21H21ClFN3/c1-14-9-10-16(13-18(14)22)26-21-17(7-4-5-11-24-21)20(25-26)12-15-6-2-3-8-19(15)23/h2-3,6,8-10,13,24H,4-5,7,11-12H2,1H3. The van der Waals surface area contributed by atoms with E-state index >= 15 is 0 Å². The molecule has 26 heavy (non-hydrogen) atoms. The number of hydrogen-bond acceptors (Lipinski definition) is 2. The number of anilines is 1. The molecule has 0 radical (unpaired) electrons. The third-order valence-electron chi connectivity index (χ3n) is 4.93. The molecule has 0 spiro atoms. The van der Waals surface area contributed by atoms with Gasteiger partial charge in [-0.25, -0.2) is 9.07 Å². The van der Waals surface area contributed by atoms with Crippen LogP contribution >= 0.6 is 11.6 Å². The fourth-order valence-corrected chi connectivity index (χ4v) is 3.61. The topological polar surface area (TPSA) is 29.9 Å². The quantitative estimate of drug-likeness (QED) is 0.677. The first-order chi connectivity index (χ1) is 12.6. The van der Waals surface area contributed by atoms with Gasteiger partial charge in [0.25, 0.3) is 0 Å². The SMILES string of the molecule is Cc1ccc(-n2nc(Cc3ccccc3F)c3c2NCCCC3)cc1Cl. The summed E-state index contributed by atoms with van der Waals surface area (Å²) in [6, 6.07) is 12.9. The Morgan fingerprint density at radius 3 is 2.85 bits per heavy atom. The first-order valence-corrected chi connectivity index (χ1v) is 9.36. The van der Waals surface area contributed by atoms with Crippen LogP contribution in [0.3, 0.4) is 0 Å². The Morgan fingerprint density at radius 2 is 2.04 bits per heavy atom. The largest absolute Gasteiger partial charge is 0.370 e. The van der Waals surface area contributed by atoms with Crippen LogP contribution in [0.15, 0.2) is 42.5 Å². The normalized spacial score (nSPS) is 13.8. The van der Waals surface area contributed by atoms with Gasteiger partial charge < -0.3 is 5.32 Å². The van der Waals surface area contributed by atoms with Crippen LogP contribution in [-0.2, 0) is 12.8 Å². The maximum absolute atomic E-state index is 14.1. The molecule has 2 aromatic carbocycles. The molecule has 1 aliphatic rings. The second kappa shape index (κ2) is 7.12. The van der Waals surface area contributed by atoms with Gasteiger partial charge >= 0.3 is 0 Å². The van der Waals surface area contributed by atoms with Gasteiger partial charge in [0.15, 0.2) is 0 Å². The van der Waals surface area contributed by atoms with Crippen LogP contribution < -0.4 is 5.32 Å². The van der Waals surface area contributed by atoms with E-state index in [4.69, 9.17) is 16.7 Å². The molecule has 0 saturated heterocycles. The molecule has 0 aliphatic carbocycles. The lowest BCUT2D eigenvalue weighted by molar-refractivity contribution is 0.612. The molecule has 1 aromatic heterocycles. The highest BCUT2D eigenvalue weighted by Gasteiger charge is 2.21. The van der Waals surface area contributed by atoms with Crippen LogP contribution in [0.5, 0.6) is 0 Å². The molecule has 134 valence electrons. The molecule has 0 saturated carbocycles. The van der Waals surface area contributed by atoms with E-state index in [9.17, 15) is 4.39 Å². The number of hydrogen-bond donors (Lipinski definition) is 1. The minimum atomic E-state index is -0.184. The molecule has 1 aliphatic heterocycles. The first-order valence-electron chi connectivity index (χ1n) is 8.98. The van der Waals surface area contributed by atoms with E-state index in [-0.39, 0.29) is 5.82 Å². The average molecular weight is 370 g/mol. The van der Waals surface area contributed by atoms with Crippen LogP contribution in [0.25, 0.3) is 5.69 Å². The zero-order valence-electron chi connectivity index (χ0n) is 14.7. The summed E-state index contributed by atoms with van der Waals surface area (Å²) >= 11 is 6.33. The van der Waals surface area contributed by atoms with Gasteiger partial charge in [-0.1, -0.05) is 35.9 Å². The van der Waals surface area contributed by atoms with Gasteiger partial charge in [-0.2, -0.15) is 5.10 Å².